The summed E-state index contributed by atoms with van der Waals surface area (Å²) in [6.45, 7) is 0.680. The van der Waals surface area contributed by atoms with E-state index in [1.165, 1.54) is 11.3 Å². The molecule has 20 heavy (non-hydrogen) atoms. The van der Waals surface area contributed by atoms with Crippen molar-refractivity contribution in [2.75, 3.05) is 12.4 Å². The van der Waals surface area contributed by atoms with Gasteiger partial charge in [0.1, 0.15) is 5.01 Å². The van der Waals surface area contributed by atoms with Crippen molar-refractivity contribution in [1.82, 2.24) is 4.98 Å². The molecule has 0 spiro atoms. The number of aromatic nitrogens is 1. The predicted octanol–water partition coefficient (Wildman–Crippen LogP) is 2.97. The first-order chi connectivity index (χ1) is 9.62. The van der Waals surface area contributed by atoms with Gasteiger partial charge in [-0.05, 0) is 24.3 Å². The highest BCUT2D eigenvalue weighted by atomic mass is 32.2. The Labute approximate surface area is 126 Å². The highest BCUT2D eigenvalue weighted by Crippen LogP contribution is 2.28. The molecule has 0 aliphatic carbocycles. The molecule has 108 valence electrons. The van der Waals surface area contributed by atoms with Crippen molar-refractivity contribution in [3.63, 3.8) is 0 Å². The minimum absolute atomic E-state index is 0.00867. The van der Waals surface area contributed by atoms with Gasteiger partial charge in [0, 0.05) is 12.0 Å². The zero-order valence-corrected chi connectivity index (χ0v) is 13.3. The van der Waals surface area contributed by atoms with Crippen molar-refractivity contribution in [3.8, 4) is 9.88 Å². The van der Waals surface area contributed by atoms with Crippen molar-refractivity contribution in [1.29, 1.82) is 0 Å². The van der Waals surface area contributed by atoms with Crippen LogP contribution in [0.25, 0.3) is 9.88 Å². The summed E-state index contributed by atoms with van der Waals surface area (Å²) >= 11 is 3.11. The maximum atomic E-state index is 12.1. The van der Waals surface area contributed by atoms with Gasteiger partial charge in [0.15, 0.2) is 9.84 Å². The summed E-state index contributed by atoms with van der Waals surface area (Å²) in [4.78, 5) is 5.50. The molecule has 3 rings (SSSR count). The Kier molecular flexibility index (Phi) is 4.21. The third-order valence-electron chi connectivity index (χ3n) is 3.12. The lowest BCUT2D eigenvalue weighted by molar-refractivity contribution is 0.127. The van der Waals surface area contributed by atoms with Gasteiger partial charge in [-0.3, -0.25) is 0 Å². The second kappa shape index (κ2) is 5.93. The van der Waals surface area contributed by atoms with Crippen LogP contribution in [0.15, 0.2) is 22.9 Å². The van der Waals surface area contributed by atoms with E-state index in [0.717, 1.165) is 22.7 Å². The molecule has 0 bridgehead atoms. The first kappa shape index (κ1) is 14.2. The van der Waals surface area contributed by atoms with Gasteiger partial charge >= 0.3 is 0 Å². The van der Waals surface area contributed by atoms with E-state index in [9.17, 15) is 8.42 Å². The number of nitrogens with zero attached hydrogens (tertiary/aromatic N) is 1. The fraction of sp³-hybridized carbons (Fsp3) is 0.462. The second-order valence-corrected chi connectivity index (χ2v) is 8.73. The summed E-state index contributed by atoms with van der Waals surface area (Å²) in [5, 5.41) is 4.72. The van der Waals surface area contributed by atoms with Crippen LogP contribution in [0.4, 0.5) is 0 Å². The second-order valence-electron chi connectivity index (χ2n) is 4.81. The van der Waals surface area contributed by atoms with Gasteiger partial charge in [-0.25, -0.2) is 13.4 Å². The van der Waals surface area contributed by atoms with E-state index in [-0.39, 0.29) is 17.6 Å². The smallest absolute Gasteiger partial charge is 0.158 e. The molecule has 0 saturated carbocycles. The molecule has 2 aromatic rings. The van der Waals surface area contributed by atoms with Crippen LogP contribution in [-0.2, 0) is 20.3 Å². The van der Waals surface area contributed by atoms with E-state index >= 15 is 0 Å². The number of hydrogen-bond acceptors (Lipinski definition) is 6. The highest BCUT2D eigenvalue weighted by molar-refractivity contribution is 7.90. The Hall–Kier alpha value is -0.760. The fourth-order valence-corrected chi connectivity index (χ4v) is 5.52. The lowest BCUT2D eigenvalue weighted by Crippen LogP contribution is -2.21. The average Bonchev–Trinajstić information content (AvgIpc) is 3.07. The van der Waals surface area contributed by atoms with Crippen LogP contribution in [0.5, 0.6) is 0 Å². The van der Waals surface area contributed by atoms with E-state index < -0.39 is 9.84 Å². The third-order valence-corrected chi connectivity index (χ3v) is 6.66. The molecule has 0 radical (unpaired) electrons. The molecule has 4 nitrogen and oxygen atoms in total. The number of thiazole rings is 1. The normalized spacial score (nSPS) is 19.5. The minimum Gasteiger partial charge on any atom is -0.377 e. The summed E-state index contributed by atoms with van der Waals surface area (Å²) in [6.07, 6.45) is 1.67. The van der Waals surface area contributed by atoms with Gasteiger partial charge in [-0.2, -0.15) is 0 Å². The Morgan fingerprint density at radius 2 is 2.30 bits per heavy atom. The number of hydrogen-bond donors (Lipinski definition) is 0. The van der Waals surface area contributed by atoms with Crippen LogP contribution in [0.3, 0.4) is 0 Å². The lowest BCUT2D eigenvalue weighted by Gasteiger charge is -2.08. The summed E-state index contributed by atoms with van der Waals surface area (Å²) in [6, 6.07) is 3.96. The first-order valence-corrected chi connectivity index (χ1v) is 10.0. The van der Waals surface area contributed by atoms with Gasteiger partial charge in [0.25, 0.3) is 0 Å². The molecular formula is C13H15NO3S3. The minimum atomic E-state index is -3.15. The van der Waals surface area contributed by atoms with E-state index in [1.807, 2.05) is 22.9 Å². The van der Waals surface area contributed by atoms with Crippen LogP contribution in [0.2, 0.25) is 0 Å². The van der Waals surface area contributed by atoms with Gasteiger partial charge < -0.3 is 4.74 Å². The molecule has 7 heteroatoms. The van der Waals surface area contributed by atoms with Crippen LogP contribution in [-0.4, -0.2) is 31.9 Å². The number of sulfone groups is 1. The summed E-state index contributed by atoms with van der Waals surface area (Å²) in [5.41, 5.74) is 0.636. The Bertz CT molecular complexity index is 655. The third kappa shape index (κ3) is 3.46. The van der Waals surface area contributed by atoms with E-state index in [0.29, 0.717) is 12.3 Å². The van der Waals surface area contributed by atoms with Gasteiger partial charge in [0.2, 0.25) is 0 Å². The van der Waals surface area contributed by atoms with Crippen LogP contribution < -0.4 is 0 Å². The van der Waals surface area contributed by atoms with E-state index in [4.69, 9.17) is 4.74 Å². The quantitative estimate of drug-likeness (QED) is 0.846. The van der Waals surface area contributed by atoms with Crippen molar-refractivity contribution < 1.29 is 13.2 Å². The first-order valence-electron chi connectivity index (χ1n) is 6.43. The molecular weight excluding hydrogens is 314 g/mol. The van der Waals surface area contributed by atoms with Crippen molar-refractivity contribution in [2.24, 2.45) is 0 Å². The summed E-state index contributed by atoms with van der Waals surface area (Å²) in [7, 11) is -3.15. The lowest BCUT2D eigenvalue weighted by atomic mass is 10.3. The van der Waals surface area contributed by atoms with Crippen molar-refractivity contribution in [3.05, 3.63) is 28.6 Å². The van der Waals surface area contributed by atoms with E-state index in [2.05, 4.69) is 4.98 Å². The number of rotatable bonds is 5. The maximum absolute atomic E-state index is 12.1. The van der Waals surface area contributed by atoms with Gasteiger partial charge in [-0.15, -0.1) is 22.7 Å². The van der Waals surface area contributed by atoms with Crippen LogP contribution in [0.1, 0.15) is 18.5 Å². The van der Waals surface area contributed by atoms with Crippen LogP contribution >= 0.6 is 22.7 Å². The largest absolute Gasteiger partial charge is 0.377 e. The standard InChI is InChI=1S/C13H15NO3S3/c15-20(16,9-11-3-1-5-17-11)8-10-7-19-13(14-10)12-4-2-6-18-12/h2,4,6-7,11H,1,3,5,8-9H2/t11-/m1/s1. The molecule has 1 saturated heterocycles. The predicted molar refractivity (Wildman–Crippen MR) is 81.9 cm³/mol. The molecule has 0 unspecified atom stereocenters. The molecule has 2 aromatic heterocycles. The van der Waals surface area contributed by atoms with Crippen molar-refractivity contribution in [2.45, 2.75) is 24.7 Å². The Balaban J connectivity index is 1.68. The van der Waals surface area contributed by atoms with E-state index in [1.54, 1.807) is 11.3 Å². The molecule has 1 atom stereocenters. The molecule has 0 aromatic carbocycles. The molecule has 0 amide bonds. The monoisotopic (exact) mass is 329 g/mol. The summed E-state index contributed by atoms with van der Waals surface area (Å²) in [5.74, 6) is 0.119. The topological polar surface area (TPSA) is 56.3 Å². The molecule has 1 fully saturated rings. The number of thiophene rings is 1. The fourth-order valence-electron chi connectivity index (χ4n) is 2.23. The molecule has 0 N–H and O–H groups in total. The maximum Gasteiger partial charge on any atom is 0.158 e. The Morgan fingerprint density at radius 3 is 3.00 bits per heavy atom. The van der Waals surface area contributed by atoms with Crippen molar-refractivity contribution >= 4 is 32.5 Å². The number of ether oxygens (including phenoxy) is 1. The van der Waals surface area contributed by atoms with Gasteiger partial charge in [-0.1, -0.05) is 6.07 Å². The van der Waals surface area contributed by atoms with Crippen LogP contribution in [0, 0.1) is 0 Å². The highest BCUT2D eigenvalue weighted by Gasteiger charge is 2.24. The molecule has 1 aliphatic rings. The Morgan fingerprint density at radius 1 is 1.40 bits per heavy atom. The molecule has 1 aliphatic heterocycles. The SMILES string of the molecule is O=S(=O)(Cc1csc(-c2cccs2)n1)C[C@H]1CCCO1. The van der Waals surface area contributed by atoms with Gasteiger partial charge in [0.05, 0.1) is 28.2 Å². The zero-order valence-electron chi connectivity index (χ0n) is 10.8. The molecule has 3 heterocycles. The summed E-state index contributed by atoms with van der Waals surface area (Å²) < 4.78 is 29.7. The zero-order chi connectivity index (χ0) is 14.0. The average molecular weight is 329 g/mol.